The normalized spacial score (nSPS) is 10.3. The molecule has 0 bridgehead atoms. The summed E-state index contributed by atoms with van der Waals surface area (Å²) in [5, 5.41) is 19.0. The van der Waals surface area contributed by atoms with Gasteiger partial charge >= 0.3 is 11.0 Å². The van der Waals surface area contributed by atoms with Crippen LogP contribution in [-0.2, 0) is 6.42 Å². The Kier molecular flexibility index (Phi) is 6.82. The highest BCUT2D eigenvalue weighted by atomic mass is 35.5. The van der Waals surface area contributed by atoms with Crippen LogP contribution in [0.1, 0.15) is 22.8 Å². The number of rotatable bonds is 6. The molecule has 0 aliphatic heterocycles. The smallest absolute Gasteiger partial charge is 0.335 e. The molecule has 152 valence electrons. The van der Waals surface area contributed by atoms with Crippen LogP contribution in [0, 0.1) is 0 Å². The van der Waals surface area contributed by atoms with Crippen molar-refractivity contribution in [3.05, 3.63) is 90.0 Å². The Morgan fingerprint density at radius 3 is 2.27 bits per heavy atom. The van der Waals surface area contributed by atoms with E-state index < -0.39 is 5.97 Å². The standard InChI is InChI=1S/C23H19N3O2S.ClH/c1-2-16-8-14-19(15-9-16)24-23-25-26(20-6-4-3-5-7-20)21(29-23)17-10-12-18(13-11-17)22(27)28;/h3-15H,2H2,1H3,(H-,24,25,27,28);1H. The second kappa shape index (κ2) is 9.52. The topological polar surface area (TPSA) is 66.1 Å². The first-order valence-electron chi connectivity index (χ1n) is 9.32. The number of carboxylic acids is 1. The Hall–Kier alpha value is -3.22. The third kappa shape index (κ3) is 4.67. The molecule has 4 rings (SSSR count). The maximum absolute atomic E-state index is 11.2. The van der Waals surface area contributed by atoms with Gasteiger partial charge in [-0.1, -0.05) is 37.3 Å². The van der Waals surface area contributed by atoms with Gasteiger partial charge < -0.3 is 22.8 Å². The van der Waals surface area contributed by atoms with E-state index in [2.05, 4.69) is 36.5 Å². The summed E-state index contributed by atoms with van der Waals surface area (Å²) in [6.45, 7) is 2.13. The van der Waals surface area contributed by atoms with Gasteiger partial charge in [0, 0.05) is 22.9 Å². The molecule has 5 nitrogen and oxygen atoms in total. The van der Waals surface area contributed by atoms with Crippen LogP contribution in [0.5, 0.6) is 0 Å². The number of aromatic nitrogens is 2. The van der Waals surface area contributed by atoms with E-state index in [1.807, 2.05) is 47.1 Å². The fourth-order valence-electron chi connectivity index (χ4n) is 2.97. The molecule has 0 atom stereocenters. The summed E-state index contributed by atoms with van der Waals surface area (Å²) in [4.78, 5) is 11.2. The predicted octanol–water partition coefficient (Wildman–Crippen LogP) is 2.09. The third-order valence-electron chi connectivity index (χ3n) is 4.57. The SMILES string of the molecule is CCc1ccc(Nc2n[n+](-c3ccccc3)c(-c3ccc(C(=O)O)cc3)s2)cc1.[Cl-]. The third-order valence-corrected chi connectivity index (χ3v) is 5.55. The summed E-state index contributed by atoms with van der Waals surface area (Å²) in [5.41, 5.74) is 4.37. The lowest BCUT2D eigenvalue weighted by molar-refractivity contribution is -0.642. The van der Waals surface area contributed by atoms with E-state index in [1.54, 1.807) is 12.1 Å². The monoisotopic (exact) mass is 437 g/mol. The summed E-state index contributed by atoms with van der Waals surface area (Å²) in [6.07, 6.45) is 1.00. The highest BCUT2D eigenvalue weighted by Gasteiger charge is 2.24. The fraction of sp³-hybridized carbons (Fsp3) is 0.0870. The van der Waals surface area contributed by atoms with Crippen LogP contribution >= 0.6 is 11.3 Å². The summed E-state index contributed by atoms with van der Waals surface area (Å²) in [5.74, 6) is -0.935. The molecule has 1 aromatic heterocycles. The van der Waals surface area contributed by atoms with E-state index in [0.717, 1.165) is 33.5 Å². The molecule has 0 aliphatic rings. The zero-order valence-corrected chi connectivity index (χ0v) is 17.8. The van der Waals surface area contributed by atoms with Crippen molar-refractivity contribution in [2.45, 2.75) is 13.3 Å². The van der Waals surface area contributed by atoms with Crippen molar-refractivity contribution in [3.63, 3.8) is 0 Å². The summed E-state index contributed by atoms with van der Waals surface area (Å²) in [7, 11) is 0. The van der Waals surface area contributed by atoms with Crippen LogP contribution in [0.15, 0.2) is 78.9 Å². The molecule has 7 heteroatoms. The number of aromatic carboxylic acids is 1. The number of nitrogens with one attached hydrogen (secondary N) is 1. The average Bonchev–Trinajstić information content (AvgIpc) is 3.19. The summed E-state index contributed by atoms with van der Waals surface area (Å²) < 4.78 is 1.88. The lowest BCUT2D eigenvalue weighted by atomic mass is 10.1. The predicted molar refractivity (Wildman–Crippen MR) is 115 cm³/mol. The second-order valence-corrected chi connectivity index (χ2v) is 7.50. The molecule has 0 saturated carbocycles. The molecular formula is C23H20ClN3O2S. The molecule has 0 fully saturated rings. The van der Waals surface area contributed by atoms with E-state index in [-0.39, 0.29) is 18.0 Å². The molecule has 0 radical (unpaired) electrons. The van der Waals surface area contributed by atoms with Gasteiger partial charge in [-0.25, -0.2) is 4.79 Å². The van der Waals surface area contributed by atoms with Gasteiger partial charge in [0.05, 0.1) is 11.1 Å². The minimum absolute atomic E-state index is 0. The van der Waals surface area contributed by atoms with Crippen LogP contribution in [0.2, 0.25) is 0 Å². The van der Waals surface area contributed by atoms with Crippen molar-refractivity contribution in [2.75, 3.05) is 5.32 Å². The lowest BCUT2D eigenvalue weighted by Gasteiger charge is -2.01. The van der Waals surface area contributed by atoms with Gasteiger partial charge in [0.25, 0.3) is 5.13 Å². The molecule has 0 aliphatic carbocycles. The Bertz CT molecular complexity index is 1130. The number of benzene rings is 3. The lowest BCUT2D eigenvalue weighted by Crippen LogP contribution is -3.00. The van der Waals surface area contributed by atoms with Gasteiger partial charge in [-0.3, -0.25) is 0 Å². The molecule has 4 aromatic rings. The van der Waals surface area contributed by atoms with Crippen molar-refractivity contribution >= 4 is 28.1 Å². The second-order valence-electron chi connectivity index (χ2n) is 6.52. The van der Waals surface area contributed by atoms with Crippen LogP contribution in [0.4, 0.5) is 10.8 Å². The van der Waals surface area contributed by atoms with E-state index in [4.69, 9.17) is 10.2 Å². The molecule has 0 amide bonds. The van der Waals surface area contributed by atoms with Crippen molar-refractivity contribution in [1.82, 2.24) is 5.10 Å². The number of para-hydroxylation sites is 1. The van der Waals surface area contributed by atoms with Gasteiger partial charge in [0.1, 0.15) is 0 Å². The maximum atomic E-state index is 11.2. The van der Waals surface area contributed by atoms with E-state index in [0.29, 0.717) is 0 Å². The fourth-order valence-corrected chi connectivity index (χ4v) is 3.93. The van der Waals surface area contributed by atoms with Gasteiger partial charge in [0.2, 0.25) is 5.69 Å². The van der Waals surface area contributed by atoms with Gasteiger partial charge in [0.15, 0.2) is 0 Å². The van der Waals surface area contributed by atoms with E-state index in [9.17, 15) is 4.79 Å². The minimum atomic E-state index is -0.935. The Balaban J connectivity index is 0.00000256. The van der Waals surface area contributed by atoms with Gasteiger partial charge in [-0.15, -0.1) is 0 Å². The molecule has 0 unspecified atom stereocenters. The van der Waals surface area contributed by atoms with Crippen LogP contribution in [-0.4, -0.2) is 16.2 Å². The van der Waals surface area contributed by atoms with Gasteiger partial charge in [-0.2, -0.15) is 0 Å². The number of hydrogen-bond acceptors (Lipinski definition) is 4. The molecule has 0 saturated heterocycles. The zero-order chi connectivity index (χ0) is 20.2. The Morgan fingerprint density at radius 1 is 1.00 bits per heavy atom. The van der Waals surface area contributed by atoms with Crippen LogP contribution in [0.25, 0.3) is 16.3 Å². The molecular weight excluding hydrogens is 418 g/mol. The first-order chi connectivity index (χ1) is 14.1. The molecule has 0 spiro atoms. The number of nitrogens with zero attached hydrogens (tertiary/aromatic N) is 2. The zero-order valence-electron chi connectivity index (χ0n) is 16.2. The Labute approximate surface area is 185 Å². The van der Waals surface area contributed by atoms with E-state index in [1.165, 1.54) is 16.9 Å². The number of halogens is 1. The highest BCUT2D eigenvalue weighted by molar-refractivity contribution is 7.18. The number of hydrogen-bond donors (Lipinski definition) is 2. The quantitative estimate of drug-likeness (QED) is 0.453. The van der Waals surface area contributed by atoms with Crippen molar-refractivity contribution in [1.29, 1.82) is 0 Å². The summed E-state index contributed by atoms with van der Waals surface area (Å²) >= 11 is 1.52. The largest absolute Gasteiger partial charge is 1.00 e. The molecule has 1 heterocycles. The number of aryl methyl sites for hydroxylation is 1. The summed E-state index contributed by atoms with van der Waals surface area (Å²) in [6, 6.07) is 25.1. The first-order valence-corrected chi connectivity index (χ1v) is 10.1. The average molecular weight is 438 g/mol. The maximum Gasteiger partial charge on any atom is 0.335 e. The molecule has 3 aromatic carbocycles. The van der Waals surface area contributed by atoms with Crippen LogP contribution in [0.3, 0.4) is 0 Å². The van der Waals surface area contributed by atoms with Crippen molar-refractivity contribution < 1.29 is 27.0 Å². The van der Waals surface area contributed by atoms with Crippen molar-refractivity contribution in [2.24, 2.45) is 0 Å². The first kappa shape index (κ1) is 21.5. The van der Waals surface area contributed by atoms with Crippen molar-refractivity contribution in [3.8, 4) is 16.3 Å². The molecule has 30 heavy (non-hydrogen) atoms. The van der Waals surface area contributed by atoms with Crippen LogP contribution < -0.4 is 22.4 Å². The van der Waals surface area contributed by atoms with Gasteiger partial charge in [-0.05, 0) is 64.4 Å². The number of anilines is 2. The number of carbonyl (C=O) groups is 1. The minimum Gasteiger partial charge on any atom is -1.00 e. The number of carboxylic acid groups (broad SMARTS) is 1. The Morgan fingerprint density at radius 2 is 1.67 bits per heavy atom. The van der Waals surface area contributed by atoms with E-state index >= 15 is 0 Å². The highest BCUT2D eigenvalue weighted by Crippen LogP contribution is 2.29. The molecule has 2 N–H and O–H groups in total.